The molecule has 0 aromatic rings. The number of hydrogen-bond acceptors (Lipinski definition) is 4. The van der Waals surface area contributed by atoms with E-state index in [-0.39, 0.29) is 19.3 Å². The molecule has 0 aliphatic rings. The molecular weight excluding hydrogens is 277 g/mol. The number of carbonyl (C=O) groups excluding carboxylic acids is 2. The van der Waals surface area contributed by atoms with E-state index in [1.54, 1.807) is 0 Å². The highest BCUT2D eigenvalue weighted by Gasteiger charge is 2.29. The number of hydrogen-bond donors (Lipinski definition) is 0. The smallest absolute Gasteiger partial charge is 0.422 e. The molecule has 0 aliphatic heterocycles. The van der Waals surface area contributed by atoms with Crippen molar-refractivity contribution in [3.63, 3.8) is 0 Å². The summed E-state index contributed by atoms with van der Waals surface area (Å²) in [6, 6.07) is 0. The number of rotatable bonds is 10. The standard InChI is InChI=1S/C13H21F3O4/c1-2-3-4-5-9-19-11(17)7-6-8-12(18)20-10-13(14,15)16/h2-10H2,1H3. The van der Waals surface area contributed by atoms with E-state index in [1.807, 2.05) is 0 Å². The first-order valence-electron chi connectivity index (χ1n) is 6.73. The molecule has 0 N–H and O–H groups in total. The van der Waals surface area contributed by atoms with Gasteiger partial charge in [0.2, 0.25) is 0 Å². The molecule has 20 heavy (non-hydrogen) atoms. The summed E-state index contributed by atoms with van der Waals surface area (Å²) in [5, 5.41) is 0. The molecule has 0 heterocycles. The fraction of sp³-hybridized carbons (Fsp3) is 0.846. The van der Waals surface area contributed by atoms with Crippen LogP contribution in [0.15, 0.2) is 0 Å². The Morgan fingerprint density at radius 1 is 0.900 bits per heavy atom. The molecule has 0 aliphatic carbocycles. The van der Waals surface area contributed by atoms with Crippen LogP contribution in [0.1, 0.15) is 51.9 Å². The Balaban J connectivity index is 3.49. The van der Waals surface area contributed by atoms with Crippen LogP contribution in [0.25, 0.3) is 0 Å². The maximum atomic E-state index is 11.7. The number of alkyl halides is 3. The Hall–Kier alpha value is -1.27. The molecule has 0 saturated carbocycles. The zero-order valence-corrected chi connectivity index (χ0v) is 11.6. The number of esters is 2. The topological polar surface area (TPSA) is 52.6 Å². The van der Waals surface area contributed by atoms with Gasteiger partial charge in [0.25, 0.3) is 0 Å². The second-order valence-corrected chi connectivity index (χ2v) is 4.41. The molecule has 0 saturated heterocycles. The Kier molecular flexibility index (Phi) is 9.84. The highest BCUT2D eigenvalue weighted by atomic mass is 19.4. The molecule has 0 aromatic heterocycles. The molecule has 4 nitrogen and oxygen atoms in total. The molecule has 0 rings (SSSR count). The minimum atomic E-state index is -4.52. The molecule has 0 radical (unpaired) electrons. The van der Waals surface area contributed by atoms with Gasteiger partial charge in [-0.3, -0.25) is 9.59 Å². The predicted molar refractivity (Wildman–Crippen MR) is 66.0 cm³/mol. The maximum absolute atomic E-state index is 11.7. The number of unbranched alkanes of at least 4 members (excludes halogenated alkanes) is 3. The number of carbonyl (C=O) groups is 2. The van der Waals surface area contributed by atoms with Gasteiger partial charge in [0, 0.05) is 12.8 Å². The van der Waals surface area contributed by atoms with Crippen molar-refractivity contribution in [3.8, 4) is 0 Å². The monoisotopic (exact) mass is 298 g/mol. The first-order valence-corrected chi connectivity index (χ1v) is 6.73. The molecule has 0 spiro atoms. The van der Waals surface area contributed by atoms with Gasteiger partial charge in [-0.2, -0.15) is 13.2 Å². The third-order valence-electron chi connectivity index (χ3n) is 2.42. The lowest BCUT2D eigenvalue weighted by atomic mass is 10.2. The lowest BCUT2D eigenvalue weighted by Crippen LogP contribution is -2.20. The summed E-state index contributed by atoms with van der Waals surface area (Å²) < 4.78 is 44.1. The number of halogens is 3. The lowest BCUT2D eigenvalue weighted by molar-refractivity contribution is -0.186. The van der Waals surface area contributed by atoms with E-state index in [4.69, 9.17) is 4.74 Å². The van der Waals surface area contributed by atoms with Gasteiger partial charge in [-0.15, -0.1) is 0 Å². The summed E-state index contributed by atoms with van der Waals surface area (Å²) in [7, 11) is 0. The third kappa shape index (κ3) is 13.2. The summed E-state index contributed by atoms with van der Waals surface area (Å²) >= 11 is 0. The molecule has 0 bridgehead atoms. The van der Waals surface area contributed by atoms with E-state index in [9.17, 15) is 22.8 Å². The molecular formula is C13H21F3O4. The van der Waals surface area contributed by atoms with Crippen LogP contribution in [0.3, 0.4) is 0 Å². The van der Waals surface area contributed by atoms with Gasteiger partial charge in [-0.25, -0.2) is 0 Å². The Bertz CT molecular complexity index is 290. The first kappa shape index (κ1) is 18.7. The number of ether oxygens (including phenoxy) is 2. The van der Waals surface area contributed by atoms with Gasteiger partial charge >= 0.3 is 18.1 Å². The summed E-state index contributed by atoms with van der Waals surface area (Å²) in [6.07, 6.45) is -0.634. The fourth-order valence-electron chi connectivity index (χ4n) is 1.40. The van der Waals surface area contributed by atoms with Crippen molar-refractivity contribution in [2.24, 2.45) is 0 Å². The van der Waals surface area contributed by atoms with Crippen LogP contribution in [-0.2, 0) is 19.1 Å². The van der Waals surface area contributed by atoms with Gasteiger partial charge in [-0.05, 0) is 12.8 Å². The Morgan fingerprint density at radius 3 is 2.05 bits per heavy atom. The van der Waals surface area contributed by atoms with E-state index in [0.29, 0.717) is 6.61 Å². The quantitative estimate of drug-likeness (QED) is 0.458. The maximum Gasteiger partial charge on any atom is 0.422 e. The van der Waals surface area contributed by atoms with Crippen LogP contribution in [0, 0.1) is 0 Å². The average Bonchev–Trinajstić information content (AvgIpc) is 2.35. The first-order chi connectivity index (χ1) is 9.35. The predicted octanol–water partition coefficient (Wildman–Crippen LogP) is 3.39. The lowest BCUT2D eigenvalue weighted by Gasteiger charge is -2.07. The second kappa shape index (κ2) is 10.5. The van der Waals surface area contributed by atoms with Crippen molar-refractivity contribution in [2.75, 3.05) is 13.2 Å². The van der Waals surface area contributed by atoms with Crippen molar-refractivity contribution >= 4 is 11.9 Å². The van der Waals surface area contributed by atoms with E-state index in [2.05, 4.69) is 11.7 Å². The van der Waals surface area contributed by atoms with Crippen LogP contribution < -0.4 is 0 Å². The second-order valence-electron chi connectivity index (χ2n) is 4.41. The molecule has 118 valence electrons. The molecule has 7 heteroatoms. The molecule has 0 amide bonds. The Morgan fingerprint density at radius 2 is 1.50 bits per heavy atom. The Labute approximate surface area is 116 Å². The van der Waals surface area contributed by atoms with Crippen LogP contribution in [0.5, 0.6) is 0 Å². The third-order valence-corrected chi connectivity index (χ3v) is 2.42. The van der Waals surface area contributed by atoms with E-state index >= 15 is 0 Å². The van der Waals surface area contributed by atoms with Gasteiger partial charge in [0.1, 0.15) is 0 Å². The summed E-state index contributed by atoms with van der Waals surface area (Å²) in [4.78, 5) is 22.1. The van der Waals surface area contributed by atoms with Crippen LogP contribution >= 0.6 is 0 Å². The summed E-state index contributed by atoms with van der Waals surface area (Å²) in [5.74, 6) is -1.40. The largest absolute Gasteiger partial charge is 0.466 e. The highest BCUT2D eigenvalue weighted by molar-refractivity contribution is 5.72. The van der Waals surface area contributed by atoms with Gasteiger partial charge in [0.05, 0.1) is 6.61 Å². The minimum absolute atomic E-state index is 0.00883. The zero-order chi connectivity index (χ0) is 15.4. The van der Waals surface area contributed by atoms with Crippen molar-refractivity contribution in [1.82, 2.24) is 0 Å². The van der Waals surface area contributed by atoms with Crippen molar-refractivity contribution in [2.45, 2.75) is 58.0 Å². The van der Waals surface area contributed by atoms with Crippen LogP contribution in [0.2, 0.25) is 0 Å². The molecule has 0 aromatic carbocycles. The molecule has 0 unspecified atom stereocenters. The van der Waals surface area contributed by atoms with E-state index < -0.39 is 24.7 Å². The summed E-state index contributed by atoms with van der Waals surface area (Å²) in [5.41, 5.74) is 0. The average molecular weight is 298 g/mol. The van der Waals surface area contributed by atoms with Gasteiger partial charge < -0.3 is 9.47 Å². The van der Waals surface area contributed by atoms with Crippen LogP contribution in [-0.4, -0.2) is 31.3 Å². The molecule has 0 fully saturated rings. The zero-order valence-electron chi connectivity index (χ0n) is 11.6. The van der Waals surface area contributed by atoms with Crippen molar-refractivity contribution in [3.05, 3.63) is 0 Å². The van der Waals surface area contributed by atoms with Crippen molar-refractivity contribution in [1.29, 1.82) is 0 Å². The normalized spacial score (nSPS) is 11.2. The van der Waals surface area contributed by atoms with E-state index in [1.165, 1.54) is 0 Å². The van der Waals surface area contributed by atoms with Gasteiger partial charge in [0.15, 0.2) is 6.61 Å². The summed E-state index contributed by atoms with van der Waals surface area (Å²) in [6.45, 7) is 0.828. The van der Waals surface area contributed by atoms with Crippen molar-refractivity contribution < 1.29 is 32.2 Å². The van der Waals surface area contributed by atoms with Crippen LogP contribution in [0.4, 0.5) is 13.2 Å². The van der Waals surface area contributed by atoms with Gasteiger partial charge in [-0.1, -0.05) is 26.2 Å². The fourth-order valence-corrected chi connectivity index (χ4v) is 1.40. The molecule has 0 atom stereocenters. The highest BCUT2D eigenvalue weighted by Crippen LogP contribution is 2.15. The SMILES string of the molecule is CCCCCCOC(=O)CCCC(=O)OCC(F)(F)F. The minimum Gasteiger partial charge on any atom is -0.466 e. The van der Waals surface area contributed by atoms with E-state index in [0.717, 1.165) is 25.7 Å².